The van der Waals surface area contributed by atoms with E-state index in [2.05, 4.69) is 24.0 Å². The Labute approximate surface area is 152 Å². The molecular formula is C22H18N2O2. The molecule has 0 fully saturated rings. The molecule has 0 atom stereocenters. The molecule has 0 saturated heterocycles. The van der Waals surface area contributed by atoms with Gasteiger partial charge in [0.15, 0.2) is 0 Å². The average molecular weight is 342 g/mol. The van der Waals surface area contributed by atoms with Crippen LogP contribution in [0.2, 0.25) is 0 Å². The maximum absolute atomic E-state index is 11.3. The standard InChI is InChI=1S/C22H18N2O2/c1-14(15-8-10-16(11-9-15)22(23)25)21-17-6-4-12-24-19(17)13-26-20-7-3-2-5-18(20)21/h2-12H,13H2,1H3,(H2,23,25)/b21-14-. The molecule has 3 aromatic rings. The summed E-state index contributed by atoms with van der Waals surface area (Å²) in [4.78, 5) is 15.8. The van der Waals surface area contributed by atoms with Gasteiger partial charge in [0.2, 0.25) is 5.91 Å². The van der Waals surface area contributed by atoms with E-state index in [4.69, 9.17) is 10.5 Å². The number of ether oxygens (including phenoxy) is 1. The van der Waals surface area contributed by atoms with Crippen molar-refractivity contribution in [2.75, 3.05) is 0 Å². The molecular weight excluding hydrogens is 324 g/mol. The number of primary amides is 1. The number of benzene rings is 2. The van der Waals surface area contributed by atoms with Crippen molar-refractivity contribution in [3.63, 3.8) is 0 Å². The van der Waals surface area contributed by atoms with E-state index in [1.165, 1.54) is 0 Å². The maximum atomic E-state index is 11.3. The smallest absolute Gasteiger partial charge is 0.248 e. The van der Waals surface area contributed by atoms with Gasteiger partial charge in [-0.2, -0.15) is 0 Å². The number of fused-ring (bicyclic) bond motifs is 2. The van der Waals surface area contributed by atoms with E-state index in [1.54, 1.807) is 18.3 Å². The van der Waals surface area contributed by atoms with Gasteiger partial charge in [0.25, 0.3) is 0 Å². The maximum Gasteiger partial charge on any atom is 0.248 e. The molecule has 0 bridgehead atoms. The topological polar surface area (TPSA) is 65.2 Å². The Hall–Kier alpha value is -3.40. The highest BCUT2D eigenvalue weighted by molar-refractivity contribution is 6.00. The van der Waals surface area contributed by atoms with E-state index in [1.807, 2.05) is 36.4 Å². The van der Waals surface area contributed by atoms with E-state index in [-0.39, 0.29) is 0 Å². The quantitative estimate of drug-likeness (QED) is 0.764. The van der Waals surface area contributed by atoms with Gasteiger partial charge in [-0.15, -0.1) is 0 Å². The minimum absolute atomic E-state index is 0.426. The van der Waals surface area contributed by atoms with Crippen LogP contribution < -0.4 is 10.5 Å². The highest BCUT2D eigenvalue weighted by Crippen LogP contribution is 2.40. The molecule has 128 valence electrons. The zero-order valence-electron chi connectivity index (χ0n) is 14.4. The number of carbonyl (C=O) groups is 1. The van der Waals surface area contributed by atoms with E-state index < -0.39 is 5.91 Å². The SMILES string of the molecule is C/C(=C1/c2ccccc2OCc2ncccc21)c1ccc(C(N)=O)cc1. The van der Waals surface area contributed by atoms with Crippen LogP contribution in [0.5, 0.6) is 5.75 Å². The highest BCUT2D eigenvalue weighted by Gasteiger charge is 2.22. The van der Waals surface area contributed by atoms with Crippen molar-refractivity contribution < 1.29 is 9.53 Å². The largest absolute Gasteiger partial charge is 0.487 e. The average Bonchev–Trinajstić information content (AvgIpc) is 2.84. The first kappa shape index (κ1) is 16.1. The summed E-state index contributed by atoms with van der Waals surface area (Å²) in [6, 6.07) is 19.4. The summed E-state index contributed by atoms with van der Waals surface area (Å²) in [6.45, 7) is 2.51. The normalized spacial score (nSPS) is 14.5. The summed E-state index contributed by atoms with van der Waals surface area (Å²) in [5, 5.41) is 0. The molecule has 0 spiro atoms. The summed E-state index contributed by atoms with van der Waals surface area (Å²) in [6.07, 6.45) is 1.78. The molecule has 0 unspecified atom stereocenters. The predicted molar refractivity (Wildman–Crippen MR) is 102 cm³/mol. The molecule has 1 aliphatic heterocycles. The first-order valence-electron chi connectivity index (χ1n) is 8.43. The van der Waals surface area contributed by atoms with Crippen LogP contribution in [-0.2, 0) is 6.61 Å². The van der Waals surface area contributed by atoms with Gasteiger partial charge in [0.1, 0.15) is 12.4 Å². The van der Waals surface area contributed by atoms with E-state index in [0.717, 1.165) is 39.3 Å². The molecule has 1 aliphatic rings. The number of hydrogen-bond acceptors (Lipinski definition) is 3. The molecule has 26 heavy (non-hydrogen) atoms. The number of para-hydroxylation sites is 1. The highest BCUT2D eigenvalue weighted by atomic mass is 16.5. The lowest BCUT2D eigenvalue weighted by Crippen LogP contribution is -2.10. The Morgan fingerprint density at radius 2 is 1.65 bits per heavy atom. The first-order valence-corrected chi connectivity index (χ1v) is 8.43. The summed E-state index contributed by atoms with van der Waals surface area (Å²) in [5.74, 6) is 0.415. The summed E-state index contributed by atoms with van der Waals surface area (Å²) in [5.41, 5.74) is 12.1. The number of hydrogen-bond donors (Lipinski definition) is 1. The molecule has 2 heterocycles. The van der Waals surface area contributed by atoms with Gasteiger partial charge in [-0.25, -0.2) is 0 Å². The number of aromatic nitrogens is 1. The number of nitrogens with zero attached hydrogens (tertiary/aromatic N) is 1. The van der Waals surface area contributed by atoms with Crippen LogP contribution in [0.25, 0.3) is 11.1 Å². The number of allylic oxidation sites excluding steroid dienone is 1. The van der Waals surface area contributed by atoms with Crippen molar-refractivity contribution in [3.8, 4) is 5.75 Å². The van der Waals surface area contributed by atoms with E-state index >= 15 is 0 Å². The number of carbonyl (C=O) groups excluding carboxylic acids is 1. The van der Waals surface area contributed by atoms with Crippen molar-refractivity contribution in [1.29, 1.82) is 0 Å². The second-order valence-electron chi connectivity index (χ2n) is 6.22. The van der Waals surface area contributed by atoms with Gasteiger partial charge in [0.05, 0.1) is 5.69 Å². The third kappa shape index (κ3) is 2.75. The van der Waals surface area contributed by atoms with Crippen LogP contribution in [0.4, 0.5) is 0 Å². The fourth-order valence-corrected chi connectivity index (χ4v) is 3.30. The lowest BCUT2D eigenvalue weighted by atomic mass is 9.89. The molecule has 2 N–H and O–H groups in total. The van der Waals surface area contributed by atoms with Crippen molar-refractivity contribution in [3.05, 3.63) is 94.8 Å². The minimum atomic E-state index is -0.426. The molecule has 0 saturated carbocycles. The Morgan fingerprint density at radius 1 is 0.962 bits per heavy atom. The lowest BCUT2D eigenvalue weighted by Gasteiger charge is -2.15. The van der Waals surface area contributed by atoms with Crippen LogP contribution in [-0.4, -0.2) is 10.9 Å². The summed E-state index contributed by atoms with van der Waals surface area (Å²) >= 11 is 0. The van der Waals surface area contributed by atoms with Crippen LogP contribution >= 0.6 is 0 Å². The molecule has 0 radical (unpaired) electrons. The zero-order valence-corrected chi connectivity index (χ0v) is 14.4. The molecule has 4 nitrogen and oxygen atoms in total. The molecule has 2 aromatic carbocycles. The Bertz CT molecular complexity index is 971. The monoisotopic (exact) mass is 342 g/mol. The molecule has 1 amide bonds. The van der Waals surface area contributed by atoms with E-state index in [9.17, 15) is 4.79 Å². The van der Waals surface area contributed by atoms with Crippen LogP contribution in [0.3, 0.4) is 0 Å². The van der Waals surface area contributed by atoms with Gasteiger partial charge < -0.3 is 10.5 Å². The third-order valence-electron chi connectivity index (χ3n) is 4.66. The Balaban J connectivity index is 1.96. The second-order valence-corrected chi connectivity index (χ2v) is 6.22. The van der Waals surface area contributed by atoms with Crippen molar-refractivity contribution >= 4 is 17.1 Å². The third-order valence-corrected chi connectivity index (χ3v) is 4.66. The van der Waals surface area contributed by atoms with Gasteiger partial charge in [-0.3, -0.25) is 9.78 Å². The Morgan fingerprint density at radius 3 is 2.42 bits per heavy atom. The van der Waals surface area contributed by atoms with Crippen LogP contribution in [0.1, 0.15) is 39.7 Å². The molecule has 0 aliphatic carbocycles. The molecule has 4 rings (SSSR count). The van der Waals surface area contributed by atoms with Crippen LogP contribution in [0.15, 0.2) is 66.9 Å². The first-order chi connectivity index (χ1) is 12.6. The summed E-state index contributed by atoms with van der Waals surface area (Å²) in [7, 11) is 0. The number of nitrogens with two attached hydrogens (primary N) is 1. The fraction of sp³-hybridized carbons (Fsp3) is 0.0909. The van der Waals surface area contributed by atoms with Crippen LogP contribution in [0, 0.1) is 0 Å². The number of pyridine rings is 1. The fourth-order valence-electron chi connectivity index (χ4n) is 3.30. The lowest BCUT2D eigenvalue weighted by molar-refractivity contribution is 0.100. The second kappa shape index (κ2) is 6.48. The van der Waals surface area contributed by atoms with Gasteiger partial charge in [-0.05, 0) is 47.9 Å². The van der Waals surface area contributed by atoms with Crippen molar-refractivity contribution in [1.82, 2.24) is 4.98 Å². The molecule has 1 aromatic heterocycles. The number of rotatable bonds is 2. The number of amides is 1. The zero-order chi connectivity index (χ0) is 18.1. The van der Waals surface area contributed by atoms with E-state index in [0.29, 0.717) is 12.2 Å². The van der Waals surface area contributed by atoms with Crippen molar-refractivity contribution in [2.45, 2.75) is 13.5 Å². The minimum Gasteiger partial charge on any atom is -0.487 e. The predicted octanol–water partition coefficient (Wildman–Crippen LogP) is 4.05. The summed E-state index contributed by atoms with van der Waals surface area (Å²) < 4.78 is 5.98. The Kier molecular flexibility index (Phi) is 4.01. The van der Waals surface area contributed by atoms with Crippen molar-refractivity contribution in [2.24, 2.45) is 5.73 Å². The van der Waals surface area contributed by atoms with Gasteiger partial charge >= 0.3 is 0 Å². The molecule has 4 heteroatoms. The van der Waals surface area contributed by atoms with Gasteiger partial charge in [0, 0.05) is 22.9 Å². The van der Waals surface area contributed by atoms with Gasteiger partial charge in [-0.1, -0.05) is 36.4 Å².